The fourth-order valence-corrected chi connectivity index (χ4v) is 1.06. The first-order chi connectivity index (χ1) is 6.07. The second kappa shape index (κ2) is 3.53. The Kier molecular flexibility index (Phi) is 2.63. The van der Waals surface area contributed by atoms with Crippen molar-refractivity contribution in [3.8, 4) is 0 Å². The predicted octanol–water partition coefficient (Wildman–Crippen LogP) is 1.29. The van der Waals surface area contributed by atoms with Crippen molar-refractivity contribution in [3.05, 3.63) is 22.7 Å². The molecule has 1 aromatic rings. The molecule has 1 aromatic carbocycles. The molecule has 0 fully saturated rings. The van der Waals surface area contributed by atoms with Gasteiger partial charge in [0.15, 0.2) is 0 Å². The maximum absolute atomic E-state index is 11.1. The van der Waals surface area contributed by atoms with Gasteiger partial charge in [-0.2, -0.15) is 0 Å². The molecule has 0 heterocycles. The Bertz CT molecular complexity index is 352. The van der Waals surface area contributed by atoms with E-state index in [0.29, 0.717) is 5.69 Å². The van der Waals surface area contributed by atoms with Gasteiger partial charge in [-0.25, -0.2) is 4.79 Å². The van der Waals surface area contributed by atoms with Crippen molar-refractivity contribution in [1.82, 2.24) is 0 Å². The van der Waals surface area contributed by atoms with Crippen molar-refractivity contribution in [3.63, 3.8) is 0 Å². The van der Waals surface area contributed by atoms with Gasteiger partial charge in [0, 0.05) is 0 Å². The normalized spacial score (nSPS) is 9.69. The zero-order chi connectivity index (χ0) is 10.0. The molecular weight excluding hydrogens is 192 g/mol. The van der Waals surface area contributed by atoms with E-state index in [9.17, 15) is 4.79 Å². The van der Waals surface area contributed by atoms with Gasteiger partial charge in [0.1, 0.15) is 0 Å². The lowest BCUT2D eigenvalue weighted by molar-refractivity contribution is 0.0602. The highest BCUT2D eigenvalue weighted by molar-refractivity contribution is 6.36. The number of hydrogen-bond acceptors (Lipinski definition) is 4. The van der Waals surface area contributed by atoms with Crippen LogP contribution in [0.1, 0.15) is 10.4 Å². The minimum atomic E-state index is -0.528. The van der Waals surface area contributed by atoms with E-state index in [2.05, 4.69) is 4.74 Å². The molecule has 0 atom stereocenters. The fourth-order valence-electron chi connectivity index (χ4n) is 0.898. The molecule has 4 nitrogen and oxygen atoms in total. The molecule has 4 N–H and O–H groups in total. The first-order valence-electron chi connectivity index (χ1n) is 3.49. The van der Waals surface area contributed by atoms with Crippen molar-refractivity contribution in [1.29, 1.82) is 0 Å². The maximum Gasteiger partial charge on any atom is 0.340 e. The van der Waals surface area contributed by atoms with Crippen LogP contribution >= 0.6 is 11.6 Å². The van der Waals surface area contributed by atoms with Crippen LogP contribution in [0.25, 0.3) is 0 Å². The lowest BCUT2D eigenvalue weighted by atomic mass is 10.1. The van der Waals surface area contributed by atoms with Gasteiger partial charge in [0.05, 0.1) is 29.1 Å². The summed E-state index contributed by atoms with van der Waals surface area (Å²) >= 11 is 5.73. The van der Waals surface area contributed by atoms with Crippen molar-refractivity contribution in [2.75, 3.05) is 18.6 Å². The molecule has 0 spiro atoms. The summed E-state index contributed by atoms with van der Waals surface area (Å²) in [5, 5.41) is 0.183. The summed E-state index contributed by atoms with van der Waals surface area (Å²) in [4.78, 5) is 11.1. The van der Waals surface area contributed by atoms with E-state index >= 15 is 0 Å². The molecule has 0 saturated carbocycles. The Hall–Kier alpha value is -1.42. The summed E-state index contributed by atoms with van der Waals surface area (Å²) in [6.45, 7) is 0. The summed E-state index contributed by atoms with van der Waals surface area (Å²) in [5.41, 5.74) is 11.7. The standard InChI is InChI=1S/C8H9ClN2O2/c1-13-8(12)4-2-3-5(10)6(9)7(4)11/h2-3H,10-11H2,1H3. The van der Waals surface area contributed by atoms with Crippen LogP contribution in [0, 0.1) is 0 Å². The van der Waals surface area contributed by atoms with E-state index in [1.54, 1.807) is 0 Å². The van der Waals surface area contributed by atoms with Crippen molar-refractivity contribution in [2.24, 2.45) is 0 Å². The summed E-state index contributed by atoms with van der Waals surface area (Å²) in [7, 11) is 1.27. The van der Waals surface area contributed by atoms with E-state index < -0.39 is 5.97 Å². The number of ether oxygens (including phenoxy) is 1. The first-order valence-corrected chi connectivity index (χ1v) is 3.87. The molecule has 1 rings (SSSR count). The number of benzene rings is 1. The number of carbonyl (C=O) groups excluding carboxylic acids is 1. The monoisotopic (exact) mass is 200 g/mol. The van der Waals surface area contributed by atoms with Crippen molar-refractivity contribution < 1.29 is 9.53 Å². The Morgan fingerprint density at radius 1 is 1.46 bits per heavy atom. The van der Waals surface area contributed by atoms with Gasteiger partial charge in [-0.05, 0) is 12.1 Å². The molecule has 13 heavy (non-hydrogen) atoms. The lowest BCUT2D eigenvalue weighted by Gasteiger charge is -2.06. The highest BCUT2D eigenvalue weighted by Crippen LogP contribution is 2.29. The van der Waals surface area contributed by atoms with Crippen LogP contribution in [0.5, 0.6) is 0 Å². The smallest absolute Gasteiger partial charge is 0.340 e. The van der Waals surface area contributed by atoms with Gasteiger partial charge in [0.2, 0.25) is 0 Å². The van der Waals surface area contributed by atoms with Crippen LogP contribution in [0.15, 0.2) is 12.1 Å². The second-order valence-corrected chi connectivity index (χ2v) is 2.80. The molecule has 5 heteroatoms. The third-order valence-electron chi connectivity index (χ3n) is 1.61. The summed E-state index contributed by atoms with van der Waals surface area (Å²) in [6.07, 6.45) is 0. The SMILES string of the molecule is COC(=O)c1ccc(N)c(Cl)c1N. The minimum absolute atomic E-state index is 0.147. The van der Waals surface area contributed by atoms with Crippen LogP contribution in [0.4, 0.5) is 11.4 Å². The highest BCUT2D eigenvalue weighted by atomic mass is 35.5. The highest BCUT2D eigenvalue weighted by Gasteiger charge is 2.13. The number of halogens is 1. The Morgan fingerprint density at radius 3 is 2.62 bits per heavy atom. The Balaban J connectivity index is 3.26. The first kappa shape index (κ1) is 9.67. The molecule has 0 aromatic heterocycles. The van der Waals surface area contributed by atoms with E-state index in [4.69, 9.17) is 23.1 Å². The third-order valence-corrected chi connectivity index (χ3v) is 2.04. The molecule has 0 aliphatic carbocycles. The number of methoxy groups -OCH3 is 1. The van der Waals surface area contributed by atoms with E-state index in [-0.39, 0.29) is 16.3 Å². The number of anilines is 2. The molecule has 0 bridgehead atoms. The average Bonchev–Trinajstić information content (AvgIpc) is 2.13. The molecular formula is C8H9ClN2O2. The molecule has 0 amide bonds. The molecule has 0 saturated heterocycles. The van der Waals surface area contributed by atoms with E-state index in [1.807, 2.05) is 0 Å². The molecule has 0 aliphatic heterocycles. The number of nitrogen functional groups attached to an aromatic ring is 2. The number of carbonyl (C=O) groups is 1. The second-order valence-electron chi connectivity index (χ2n) is 2.42. The van der Waals surface area contributed by atoms with Crippen molar-refractivity contribution >= 4 is 28.9 Å². The topological polar surface area (TPSA) is 78.3 Å². The lowest BCUT2D eigenvalue weighted by Crippen LogP contribution is -2.06. The molecule has 0 radical (unpaired) electrons. The van der Waals surface area contributed by atoms with E-state index in [0.717, 1.165) is 0 Å². The van der Waals surface area contributed by atoms with Gasteiger partial charge >= 0.3 is 5.97 Å². The van der Waals surface area contributed by atoms with Gasteiger partial charge in [-0.15, -0.1) is 0 Å². The molecule has 0 aliphatic rings. The van der Waals surface area contributed by atoms with Crippen LogP contribution < -0.4 is 11.5 Å². The van der Waals surface area contributed by atoms with Crippen LogP contribution in [-0.4, -0.2) is 13.1 Å². The summed E-state index contributed by atoms with van der Waals surface area (Å²) in [6, 6.07) is 2.98. The maximum atomic E-state index is 11.1. The summed E-state index contributed by atoms with van der Waals surface area (Å²) < 4.78 is 4.49. The Labute approximate surface area is 80.4 Å². The zero-order valence-corrected chi connectivity index (χ0v) is 7.76. The number of esters is 1. The quantitative estimate of drug-likeness (QED) is 0.529. The van der Waals surface area contributed by atoms with Gasteiger partial charge in [-0.3, -0.25) is 0 Å². The zero-order valence-electron chi connectivity index (χ0n) is 7.00. The van der Waals surface area contributed by atoms with Gasteiger partial charge in [0.25, 0.3) is 0 Å². The van der Waals surface area contributed by atoms with Gasteiger partial charge < -0.3 is 16.2 Å². The summed E-state index contributed by atoms with van der Waals surface area (Å²) in [5.74, 6) is -0.528. The average molecular weight is 201 g/mol. The van der Waals surface area contributed by atoms with E-state index in [1.165, 1.54) is 19.2 Å². The number of hydrogen-bond donors (Lipinski definition) is 2. The Morgan fingerprint density at radius 2 is 2.08 bits per heavy atom. The molecule has 0 unspecified atom stereocenters. The largest absolute Gasteiger partial charge is 0.465 e. The minimum Gasteiger partial charge on any atom is -0.465 e. The molecule has 70 valence electrons. The van der Waals surface area contributed by atoms with Crippen LogP contribution in [0.3, 0.4) is 0 Å². The predicted molar refractivity (Wildman–Crippen MR) is 51.6 cm³/mol. The number of rotatable bonds is 1. The van der Waals surface area contributed by atoms with Crippen molar-refractivity contribution in [2.45, 2.75) is 0 Å². The fraction of sp³-hybridized carbons (Fsp3) is 0.125. The van der Waals surface area contributed by atoms with Gasteiger partial charge in [-0.1, -0.05) is 11.6 Å². The van der Waals surface area contributed by atoms with Crippen LogP contribution in [-0.2, 0) is 4.74 Å². The van der Waals surface area contributed by atoms with Crippen LogP contribution in [0.2, 0.25) is 5.02 Å². The number of nitrogens with two attached hydrogens (primary N) is 2. The third kappa shape index (κ3) is 1.67.